The van der Waals surface area contributed by atoms with Gasteiger partial charge in [-0.1, -0.05) is 48.0 Å². The van der Waals surface area contributed by atoms with Crippen LogP contribution in [0, 0.1) is 6.92 Å². The molecule has 0 unspecified atom stereocenters. The largest absolute Gasteiger partial charge is 0.463 e. The number of fused-ring (bicyclic) bond motifs is 1. The van der Waals surface area contributed by atoms with Crippen LogP contribution in [0.4, 0.5) is 11.6 Å². The van der Waals surface area contributed by atoms with E-state index in [4.69, 9.17) is 4.74 Å². The third-order valence-corrected chi connectivity index (χ3v) is 5.36. The normalized spacial score (nSPS) is 15.3. The molecule has 2 aromatic carbocycles. The van der Waals surface area contributed by atoms with Gasteiger partial charge in [0.05, 0.1) is 12.2 Å². The second-order valence-electron chi connectivity index (χ2n) is 7.54. The standard InChI is InChI=1S/C24H25N5O3/c1-4-32-23(31)21-17(3)28(14-20(30)27-19-8-6-5-7-9-19)24-25-15-26-29(24)22(21)18-12-10-16(2)11-13-18/h5-13,15,22H,4,14H2,1-3H3,(H,27,30)/t22-/m1/s1. The third-order valence-electron chi connectivity index (χ3n) is 5.36. The minimum atomic E-state index is -0.499. The first kappa shape index (κ1) is 21.3. The van der Waals surface area contributed by atoms with Crippen LogP contribution >= 0.6 is 0 Å². The maximum atomic E-state index is 13.0. The van der Waals surface area contributed by atoms with Crippen molar-refractivity contribution < 1.29 is 14.3 Å². The van der Waals surface area contributed by atoms with E-state index in [9.17, 15) is 9.59 Å². The molecule has 0 saturated heterocycles. The van der Waals surface area contributed by atoms with E-state index in [1.54, 1.807) is 23.4 Å². The van der Waals surface area contributed by atoms with Gasteiger partial charge >= 0.3 is 5.97 Å². The van der Waals surface area contributed by atoms with Crippen LogP contribution in [0.5, 0.6) is 0 Å². The Balaban J connectivity index is 1.74. The number of hydrogen-bond donors (Lipinski definition) is 1. The SMILES string of the molecule is CCOC(=O)C1=C(C)N(CC(=O)Nc2ccccc2)c2ncnn2[C@@H]1c1ccc(C)cc1. The molecule has 1 atom stereocenters. The molecular formula is C24H25N5O3. The monoisotopic (exact) mass is 431 g/mol. The molecule has 0 saturated carbocycles. The summed E-state index contributed by atoms with van der Waals surface area (Å²) in [6.45, 7) is 5.80. The van der Waals surface area contributed by atoms with E-state index in [-0.39, 0.29) is 19.1 Å². The number of aryl methyl sites for hydroxylation is 1. The summed E-state index contributed by atoms with van der Waals surface area (Å²) in [4.78, 5) is 31.9. The van der Waals surface area contributed by atoms with Gasteiger partial charge in [0.15, 0.2) is 0 Å². The van der Waals surface area contributed by atoms with Crippen molar-refractivity contribution in [2.24, 2.45) is 0 Å². The van der Waals surface area contributed by atoms with Gasteiger partial charge in [0.2, 0.25) is 11.9 Å². The highest BCUT2D eigenvalue weighted by Gasteiger charge is 2.38. The van der Waals surface area contributed by atoms with Gasteiger partial charge in [-0.15, -0.1) is 0 Å². The molecule has 1 N–H and O–H groups in total. The molecular weight excluding hydrogens is 406 g/mol. The van der Waals surface area contributed by atoms with Crippen LogP contribution in [-0.4, -0.2) is 39.8 Å². The molecule has 1 aromatic heterocycles. The van der Waals surface area contributed by atoms with Crippen LogP contribution in [0.1, 0.15) is 31.0 Å². The number of rotatable bonds is 6. The van der Waals surface area contributed by atoms with Gasteiger partial charge in [0.25, 0.3) is 0 Å². The Bertz CT molecular complexity index is 1150. The Morgan fingerprint density at radius 3 is 2.47 bits per heavy atom. The van der Waals surface area contributed by atoms with Crippen LogP contribution in [0.3, 0.4) is 0 Å². The number of hydrogen-bond acceptors (Lipinski definition) is 6. The van der Waals surface area contributed by atoms with E-state index in [1.807, 2.05) is 61.5 Å². The first-order chi connectivity index (χ1) is 15.5. The van der Waals surface area contributed by atoms with E-state index in [0.29, 0.717) is 22.9 Å². The Morgan fingerprint density at radius 2 is 1.78 bits per heavy atom. The number of benzene rings is 2. The first-order valence-electron chi connectivity index (χ1n) is 10.5. The Kier molecular flexibility index (Phi) is 6.02. The molecule has 1 aliphatic heterocycles. The predicted molar refractivity (Wildman–Crippen MR) is 121 cm³/mol. The molecule has 0 radical (unpaired) electrons. The molecule has 0 fully saturated rings. The Labute approximate surface area is 186 Å². The van der Waals surface area contributed by atoms with Crippen molar-refractivity contribution >= 4 is 23.5 Å². The van der Waals surface area contributed by atoms with Gasteiger partial charge in [-0.3, -0.25) is 4.79 Å². The fraction of sp³-hybridized carbons (Fsp3) is 0.250. The van der Waals surface area contributed by atoms with Crippen LogP contribution in [0.15, 0.2) is 72.2 Å². The zero-order valence-corrected chi connectivity index (χ0v) is 18.3. The average molecular weight is 431 g/mol. The zero-order valence-electron chi connectivity index (χ0n) is 18.3. The summed E-state index contributed by atoms with van der Waals surface area (Å²) >= 11 is 0. The first-order valence-corrected chi connectivity index (χ1v) is 10.5. The minimum Gasteiger partial charge on any atom is -0.463 e. The number of anilines is 2. The number of carbonyl (C=O) groups is 2. The molecule has 3 aromatic rings. The lowest BCUT2D eigenvalue weighted by atomic mass is 9.94. The zero-order chi connectivity index (χ0) is 22.7. The number of ether oxygens (including phenoxy) is 1. The highest BCUT2D eigenvalue weighted by atomic mass is 16.5. The van der Waals surface area contributed by atoms with E-state index >= 15 is 0 Å². The van der Waals surface area contributed by atoms with Crippen LogP contribution in [-0.2, 0) is 14.3 Å². The molecule has 164 valence electrons. The van der Waals surface area contributed by atoms with Gasteiger partial charge in [0, 0.05) is 11.4 Å². The lowest BCUT2D eigenvalue weighted by Gasteiger charge is -2.35. The molecule has 0 spiro atoms. The summed E-state index contributed by atoms with van der Waals surface area (Å²) < 4.78 is 7.05. The summed E-state index contributed by atoms with van der Waals surface area (Å²) in [5.41, 5.74) is 3.74. The fourth-order valence-electron chi connectivity index (χ4n) is 3.81. The molecule has 8 heteroatoms. The van der Waals surface area contributed by atoms with Gasteiger partial charge in [-0.25, -0.2) is 9.48 Å². The lowest BCUT2D eigenvalue weighted by molar-refractivity contribution is -0.139. The van der Waals surface area contributed by atoms with E-state index in [0.717, 1.165) is 11.1 Å². The van der Waals surface area contributed by atoms with E-state index in [1.165, 1.54) is 6.33 Å². The van der Waals surface area contributed by atoms with Gasteiger partial charge in [0.1, 0.15) is 18.9 Å². The second kappa shape index (κ2) is 9.05. The Hall–Kier alpha value is -3.94. The molecule has 8 nitrogen and oxygen atoms in total. The van der Waals surface area contributed by atoms with Gasteiger partial charge in [-0.2, -0.15) is 10.1 Å². The summed E-state index contributed by atoms with van der Waals surface area (Å²) in [6.07, 6.45) is 1.43. The van der Waals surface area contributed by atoms with Crippen LogP contribution < -0.4 is 10.2 Å². The van der Waals surface area contributed by atoms with Gasteiger partial charge < -0.3 is 15.0 Å². The van der Waals surface area contributed by atoms with Crippen molar-refractivity contribution in [1.29, 1.82) is 0 Å². The van der Waals surface area contributed by atoms with Gasteiger partial charge in [-0.05, 0) is 38.5 Å². The molecule has 1 amide bonds. The smallest absolute Gasteiger partial charge is 0.338 e. The van der Waals surface area contributed by atoms with E-state index in [2.05, 4.69) is 15.4 Å². The summed E-state index contributed by atoms with van der Waals surface area (Å²) in [6, 6.07) is 16.6. The molecule has 0 aliphatic carbocycles. The Morgan fingerprint density at radius 1 is 1.06 bits per heavy atom. The number of esters is 1. The summed E-state index contributed by atoms with van der Waals surface area (Å²) in [5, 5.41) is 7.27. The maximum absolute atomic E-state index is 13.0. The number of amides is 1. The van der Waals surface area contributed by atoms with Crippen molar-refractivity contribution in [3.8, 4) is 0 Å². The molecule has 32 heavy (non-hydrogen) atoms. The topological polar surface area (TPSA) is 89.3 Å². The van der Waals surface area contributed by atoms with Crippen molar-refractivity contribution in [3.63, 3.8) is 0 Å². The second-order valence-corrected chi connectivity index (χ2v) is 7.54. The molecule has 1 aliphatic rings. The maximum Gasteiger partial charge on any atom is 0.338 e. The highest BCUT2D eigenvalue weighted by molar-refractivity contribution is 5.96. The van der Waals surface area contributed by atoms with Crippen LogP contribution in [0.2, 0.25) is 0 Å². The van der Waals surface area contributed by atoms with Crippen molar-refractivity contribution in [1.82, 2.24) is 14.8 Å². The molecule has 4 rings (SSSR count). The number of nitrogens with one attached hydrogen (secondary N) is 1. The average Bonchev–Trinajstić information content (AvgIpc) is 3.26. The van der Waals surface area contributed by atoms with Crippen molar-refractivity contribution in [2.75, 3.05) is 23.4 Å². The fourth-order valence-corrected chi connectivity index (χ4v) is 3.81. The summed E-state index contributed by atoms with van der Waals surface area (Å²) in [7, 11) is 0. The number of para-hydroxylation sites is 1. The number of allylic oxidation sites excluding steroid dienone is 1. The number of carbonyl (C=O) groups excluding carboxylic acids is 2. The summed E-state index contributed by atoms with van der Waals surface area (Å²) in [5.74, 6) is -0.184. The third kappa shape index (κ3) is 4.12. The van der Waals surface area contributed by atoms with E-state index < -0.39 is 12.0 Å². The predicted octanol–water partition coefficient (Wildman–Crippen LogP) is 3.47. The van der Waals surface area contributed by atoms with Crippen molar-refractivity contribution in [2.45, 2.75) is 26.8 Å². The molecule has 0 bridgehead atoms. The highest BCUT2D eigenvalue weighted by Crippen LogP contribution is 2.38. The minimum absolute atomic E-state index is 0.0249. The quantitative estimate of drug-likeness (QED) is 0.601. The lowest BCUT2D eigenvalue weighted by Crippen LogP contribution is -2.40. The van der Waals surface area contributed by atoms with Crippen LogP contribution in [0.25, 0.3) is 0 Å². The molecule has 2 heterocycles. The number of nitrogens with zero attached hydrogens (tertiary/aromatic N) is 4. The number of aromatic nitrogens is 3. The van der Waals surface area contributed by atoms with Crippen molar-refractivity contribution in [3.05, 3.63) is 83.3 Å².